The molecule has 0 fully saturated rings. The molecule has 4 aliphatic carbocycles. The molecule has 0 spiro atoms. The van der Waals surface area contributed by atoms with Gasteiger partial charge in [-0.25, -0.2) is 0 Å². The lowest BCUT2D eigenvalue weighted by Gasteiger charge is -2.21. The van der Waals surface area contributed by atoms with Crippen LogP contribution < -0.4 is 20.9 Å². The lowest BCUT2D eigenvalue weighted by molar-refractivity contribution is 0.660. The van der Waals surface area contributed by atoms with Crippen molar-refractivity contribution in [1.29, 1.82) is 0 Å². The van der Waals surface area contributed by atoms with E-state index in [9.17, 15) is 0 Å². The van der Waals surface area contributed by atoms with E-state index in [1.54, 1.807) is 0 Å². The standard InChI is InChI=1S/C33H30.C18H18/c1-20(2)26-15-13-24-17-21(3)16-23-11-12-25(32(26)31(23)24)18-22-10-14-28-27-8-6-7-9-29(27)33(4,5)30(28)19-22;1-13-4-3-5-16-10-14(2)11-17-9-8-15(7-6-13)12-18(16)17/h6-16,18-19,21H,1,17H2,2-5H3;3-4,6-12,16H,5H2,1-2H3/b25-18+;4-3+,13-6-,15-7-. The highest BCUT2D eigenvalue weighted by molar-refractivity contribution is 5.97. The Bertz CT molecular complexity index is 2610. The number of rotatable bonds is 2. The van der Waals surface area contributed by atoms with Crippen LogP contribution in [0.1, 0.15) is 87.3 Å². The molecule has 5 aromatic rings. The summed E-state index contributed by atoms with van der Waals surface area (Å²) in [5.41, 5.74) is 14.9. The van der Waals surface area contributed by atoms with Gasteiger partial charge in [0.1, 0.15) is 0 Å². The fourth-order valence-electron chi connectivity index (χ4n) is 8.84. The number of hydrogen-bond acceptors (Lipinski definition) is 0. The van der Waals surface area contributed by atoms with Gasteiger partial charge in [-0.3, -0.25) is 0 Å². The lowest BCUT2D eigenvalue weighted by atomic mass is 9.82. The van der Waals surface area contributed by atoms with Crippen LogP contribution in [-0.2, 0) is 11.8 Å². The molecule has 0 saturated heterocycles. The second-order valence-corrected chi connectivity index (χ2v) is 15.8. The Morgan fingerprint density at radius 3 is 2.43 bits per heavy atom. The van der Waals surface area contributed by atoms with Gasteiger partial charge in [0, 0.05) is 11.3 Å². The van der Waals surface area contributed by atoms with Crippen molar-refractivity contribution in [2.45, 2.75) is 65.7 Å². The van der Waals surface area contributed by atoms with Crippen LogP contribution in [0.25, 0.3) is 51.8 Å². The van der Waals surface area contributed by atoms with Crippen LogP contribution in [0, 0.1) is 5.92 Å². The monoisotopic (exact) mass is 660 g/mol. The maximum Gasteiger partial charge on any atom is 0.0159 e. The van der Waals surface area contributed by atoms with Crippen LogP contribution in [0.15, 0.2) is 127 Å². The molecular formula is C51H48. The Kier molecular flexibility index (Phi) is 8.30. The Balaban J connectivity index is 0.000000175. The number of fused-ring (bicyclic) bond motifs is 4. The molecule has 2 bridgehead atoms. The largest absolute Gasteiger partial charge is 0.0955 e. The van der Waals surface area contributed by atoms with Crippen LogP contribution >= 0.6 is 0 Å². The number of benzene rings is 5. The van der Waals surface area contributed by atoms with Crippen LogP contribution in [-0.4, -0.2) is 0 Å². The summed E-state index contributed by atoms with van der Waals surface area (Å²) in [6, 6.07) is 31.8. The van der Waals surface area contributed by atoms with Crippen molar-refractivity contribution >= 4 is 40.6 Å². The van der Waals surface area contributed by atoms with Crippen LogP contribution in [0.4, 0.5) is 0 Å². The van der Waals surface area contributed by atoms with E-state index in [0.29, 0.717) is 11.8 Å². The lowest BCUT2D eigenvalue weighted by Crippen LogP contribution is -2.20. The van der Waals surface area contributed by atoms with E-state index in [1.807, 2.05) is 0 Å². The highest BCUT2D eigenvalue weighted by atomic mass is 14.4. The quantitative estimate of drug-likeness (QED) is 0.177. The predicted octanol–water partition coefficient (Wildman–Crippen LogP) is 10.2. The molecule has 4 aliphatic rings. The molecule has 0 N–H and O–H groups in total. The summed E-state index contributed by atoms with van der Waals surface area (Å²) in [6.07, 6.45) is 20.6. The summed E-state index contributed by atoms with van der Waals surface area (Å²) >= 11 is 0. The molecule has 2 atom stereocenters. The fourth-order valence-corrected chi connectivity index (χ4v) is 8.84. The molecule has 2 unspecified atom stereocenters. The Hall–Kier alpha value is -5.20. The van der Waals surface area contributed by atoms with E-state index >= 15 is 0 Å². The van der Waals surface area contributed by atoms with E-state index in [-0.39, 0.29) is 5.41 Å². The first-order chi connectivity index (χ1) is 24.6. The molecule has 0 radical (unpaired) electrons. The molecule has 0 saturated carbocycles. The zero-order valence-corrected chi connectivity index (χ0v) is 31.0. The minimum absolute atomic E-state index is 0.0175. The molecular weight excluding hydrogens is 613 g/mol. The first-order valence-corrected chi connectivity index (χ1v) is 18.6. The van der Waals surface area contributed by atoms with Crippen molar-refractivity contribution in [1.82, 2.24) is 0 Å². The summed E-state index contributed by atoms with van der Waals surface area (Å²) in [5.74, 6) is 1.10. The van der Waals surface area contributed by atoms with Crippen molar-refractivity contribution < 1.29 is 0 Å². The van der Waals surface area contributed by atoms with Crippen molar-refractivity contribution in [2.24, 2.45) is 5.92 Å². The van der Waals surface area contributed by atoms with Crippen molar-refractivity contribution in [3.8, 4) is 11.1 Å². The maximum atomic E-state index is 4.31. The Labute approximate surface area is 303 Å². The zero-order valence-electron chi connectivity index (χ0n) is 31.0. The molecule has 0 heterocycles. The summed E-state index contributed by atoms with van der Waals surface area (Å²) in [4.78, 5) is 0. The van der Waals surface area contributed by atoms with Gasteiger partial charge in [-0.1, -0.05) is 172 Å². The van der Waals surface area contributed by atoms with E-state index < -0.39 is 0 Å². The number of hydrogen-bond donors (Lipinski definition) is 0. The molecule has 0 heteroatoms. The highest BCUT2D eigenvalue weighted by Crippen LogP contribution is 2.48. The zero-order chi connectivity index (χ0) is 35.4. The van der Waals surface area contributed by atoms with Crippen LogP contribution in [0.2, 0.25) is 0 Å². The van der Waals surface area contributed by atoms with Gasteiger partial charge >= 0.3 is 0 Å². The van der Waals surface area contributed by atoms with E-state index in [1.165, 1.54) is 87.3 Å². The second kappa shape index (κ2) is 12.8. The molecule has 0 nitrogen and oxygen atoms in total. The normalized spacial score (nSPS) is 21.5. The van der Waals surface area contributed by atoms with Crippen molar-refractivity contribution in [2.75, 3.05) is 0 Å². The topological polar surface area (TPSA) is 0 Å². The molecule has 5 aromatic carbocycles. The van der Waals surface area contributed by atoms with Gasteiger partial charge in [-0.05, 0) is 122 Å². The van der Waals surface area contributed by atoms with Crippen LogP contribution in [0.3, 0.4) is 0 Å². The number of allylic oxidation sites excluding steroid dienone is 7. The summed E-state index contributed by atoms with van der Waals surface area (Å²) < 4.78 is 0. The average Bonchev–Trinajstić information content (AvgIpc) is 3.34. The third-order valence-electron chi connectivity index (χ3n) is 11.4. The molecule has 9 rings (SSSR count). The smallest absolute Gasteiger partial charge is 0.0159 e. The third kappa shape index (κ3) is 6.02. The van der Waals surface area contributed by atoms with Gasteiger partial charge < -0.3 is 0 Å². The van der Waals surface area contributed by atoms with Gasteiger partial charge in [-0.2, -0.15) is 0 Å². The molecule has 51 heavy (non-hydrogen) atoms. The molecule has 0 amide bonds. The Morgan fingerprint density at radius 1 is 0.784 bits per heavy atom. The van der Waals surface area contributed by atoms with Gasteiger partial charge in [0.15, 0.2) is 0 Å². The summed E-state index contributed by atoms with van der Waals surface area (Å²) in [7, 11) is 0. The van der Waals surface area contributed by atoms with Gasteiger partial charge in [-0.15, -0.1) is 0 Å². The van der Waals surface area contributed by atoms with Gasteiger partial charge in [0.25, 0.3) is 0 Å². The summed E-state index contributed by atoms with van der Waals surface area (Å²) in [6.45, 7) is 17.8. The maximum absolute atomic E-state index is 4.31. The van der Waals surface area contributed by atoms with Crippen molar-refractivity contribution in [3.63, 3.8) is 0 Å². The first-order valence-electron chi connectivity index (χ1n) is 18.6. The summed E-state index contributed by atoms with van der Waals surface area (Å²) in [5, 5.41) is 8.09. The van der Waals surface area contributed by atoms with E-state index in [2.05, 4.69) is 182 Å². The SMILES string of the molecule is C=C(C)c1ccc2c3c(cc/c(=C\c4ccc5c(c4)C(C)(C)c4ccccc4-5)c13)=CC(C)C2.CC1=CC2C/C=C/C(C)=C\C=c3\ccc(c2c3)=C1. The van der Waals surface area contributed by atoms with E-state index in [0.717, 1.165) is 18.4 Å². The third-order valence-corrected chi connectivity index (χ3v) is 11.4. The second-order valence-electron chi connectivity index (χ2n) is 15.8. The molecule has 0 aliphatic heterocycles. The Morgan fingerprint density at radius 2 is 1.59 bits per heavy atom. The van der Waals surface area contributed by atoms with E-state index in [4.69, 9.17) is 0 Å². The van der Waals surface area contributed by atoms with Gasteiger partial charge in [0.2, 0.25) is 0 Å². The first kappa shape index (κ1) is 33.0. The predicted molar refractivity (Wildman–Crippen MR) is 221 cm³/mol. The molecule has 252 valence electrons. The van der Waals surface area contributed by atoms with Crippen LogP contribution in [0.5, 0.6) is 0 Å². The average molecular weight is 661 g/mol. The highest BCUT2D eigenvalue weighted by Gasteiger charge is 2.35. The minimum Gasteiger partial charge on any atom is -0.0955 e. The fraction of sp³-hybridized carbons (Fsp3) is 0.216. The van der Waals surface area contributed by atoms with Gasteiger partial charge in [0.05, 0.1) is 0 Å². The molecule has 0 aromatic heterocycles. The van der Waals surface area contributed by atoms with Crippen molar-refractivity contribution in [3.05, 3.63) is 181 Å². The minimum atomic E-state index is 0.0175.